The highest BCUT2D eigenvalue weighted by Gasteiger charge is 2.05. The SMILES string of the molecule is O=CO.O=CO.O=CO.c1ccc(Cn2ccnc2-c2ccccc2)cc1. The largest absolute Gasteiger partial charge is 0.483 e. The second kappa shape index (κ2) is 15.6. The molecule has 0 saturated carbocycles. The van der Waals surface area contributed by atoms with Crippen molar-refractivity contribution in [2.24, 2.45) is 0 Å². The monoisotopic (exact) mass is 372 g/mol. The topological polar surface area (TPSA) is 130 Å². The van der Waals surface area contributed by atoms with Crippen molar-refractivity contribution in [1.29, 1.82) is 0 Å². The molecule has 27 heavy (non-hydrogen) atoms. The maximum absolute atomic E-state index is 8.36. The molecule has 2 aromatic carbocycles. The summed E-state index contributed by atoms with van der Waals surface area (Å²) in [5.74, 6) is 1.01. The number of aromatic nitrogens is 2. The van der Waals surface area contributed by atoms with Crippen LogP contribution in [-0.4, -0.2) is 44.3 Å². The maximum atomic E-state index is 8.36. The van der Waals surface area contributed by atoms with Crippen molar-refractivity contribution in [2.75, 3.05) is 0 Å². The molecule has 1 aromatic heterocycles. The van der Waals surface area contributed by atoms with Gasteiger partial charge < -0.3 is 19.9 Å². The number of hydrogen-bond acceptors (Lipinski definition) is 4. The lowest BCUT2D eigenvalue weighted by Crippen LogP contribution is -2.00. The minimum Gasteiger partial charge on any atom is -0.483 e. The highest BCUT2D eigenvalue weighted by atomic mass is 16.4. The summed E-state index contributed by atoms with van der Waals surface area (Å²) < 4.78 is 2.17. The van der Waals surface area contributed by atoms with Gasteiger partial charge in [-0.05, 0) is 5.56 Å². The molecule has 142 valence electrons. The molecule has 0 aliphatic heterocycles. The normalized spacial score (nSPS) is 8.30. The van der Waals surface area contributed by atoms with E-state index in [-0.39, 0.29) is 19.4 Å². The van der Waals surface area contributed by atoms with E-state index in [4.69, 9.17) is 29.7 Å². The molecule has 0 aliphatic carbocycles. The third kappa shape index (κ3) is 9.82. The first-order chi connectivity index (χ1) is 13.2. The Labute approximate surface area is 156 Å². The van der Waals surface area contributed by atoms with E-state index in [0.29, 0.717) is 0 Å². The van der Waals surface area contributed by atoms with Gasteiger partial charge in [0.05, 0.1) is 0 Å². The van der Waals surface area contributed by atoms with Gasteiger partial charge >= 0.3 is 0 Å². The fourth-order valence-corrected chi connectivity index (χ4v) is 2.06. The van der Waals surface area contributed by atoms with E-state index >= 15 is 0 Å². The Bertz CT molecular complexity index is 746. The van der Waals surface area contributed by atoms with Crippen LogP contribution in [0.1, 0.15) is 5.56 Å². The quantitative estimate of drug-likeness (QED) is 0.603. The molecule has 3 rings (SSSR count). The molecule has 0 amide bonds. The molecule has 1 heterocycles. The third-order valence-electron chi connectivity index (χ3n) is 2.94. The third-order valence-corrected chi connectivity index (χ3v) is 2.94. The summed E-state index contributed by atoms with van der Waals surface area (Å²) >= 11 is 0. The lowest BCUT2D eigenvalue weighted by atomic mass is 10.2. The number of benzene rings is 2. The first kappa shape index (κ1) is 23.1. The summed E-state index contributed by atoms with van der Waals surface area (Å²) in [4.78, 5) is 29.5. The van der Waals surface area contributed by atoms with Crippen LogP contribution in [0, 0.1) is 0 Å². The Morgan fingerprint density at radius 3 is 1.70 bits per heavy atom. The standard InChI is InChI=1S/C16H14N2.3CH2O2/c1-3-7-14(8-4-1)13-18-12-11-17-16(18)15-9-5-2-6-10-15;3*2-1-3/h1-12H,13H2;3*1H,(H,2,3). The molecule has 0 fully saturated rings. The lowest BCUT2D eigenvalue weighted by molar-refractivity contribution is -0.123. The highest BCUT2D eigenvalue weighted by Crippen LogP contribution is 2.17. The van der Waals surface area contributed by atoms with Gasteiger partial charge in [0.2, 0.25) is 0 Å². The van der Waals surface area contributed by atoms with E-state index in [2.05, 4.69) is 45.9 Å². The summed E-state index contributed by atoms with van der Waals surface area (Å²) in [6.07, 6.45) is 3.88. The van der Waals surface area contributed by atoms with E-state index in [1.165, 1.54) is 5.56 Å². The van der Waals surface area contributed by atoms with Gasteiger partial charge in [0.1, 0.15) is 5.82 Å². The van der Waals surface area contributed by atoms with Crippen LogP contribution in [0.3, 0.4) is 0 Å². The smallest absolute Gasteiger partial charge is 0.290 e. The number of imidazole rings is 1. The Hall–Kier alpha value is -3.94. The maximum Gasteiger partial charge on any atom is 0.290 e. The number of rotatable bonds is 3. The molecule has 0 aliphatic rings. The van der Waals surface area contributed by atoms with Crippen LogP contribution in [0.15, 0.2) is 73.1 Å². The molecule has 0 bridgehead atoms. The lowest BCUT2D eigenvalue weighted by Gasteiger charge is -2.07. The van der Waals surface area contributed by atoms with Crippen LogP contribution in [0.4, 0.5) is 0 Å². The summed E-state index contributed by atoms with van der Waals surface area (Å²) in [7, 11) is 0. The van der Waals surface area contributed by atoms with Crippen LogP contribution in [0.2, 0.25) is 0 Å². The van der Waals surface area contributed by atoms with Crippen LogP contribution in [0.5, 0.6) is 0 Å². The van der Waals surface area contributed by atoms with E-state index in [1.54, 1.807) is 0 Å². The van der Waals surface area contributed by atoms with Gasteiger partial charge in [0, 0.05) is 24.5 Å². The van der Waals surface area contributed by atoms with Crippen molar-refractivity contribution >= 4 is 19.4 Å². The van der Waals surface area contributed by atoms with Gasteiger partial charge in [-0.3, -0.25) is 14.4 Å². The minimum absolute atomic E-state index is 0.250. The fourth-order valence-electron chi connectivity index (χ4n) is 2.06. The van der Waals surface area contributed by atoms with Crippen LogP contribution in [0.25, 0.3) is 11.4 Å². The zero-order chi connectivity index (χ0) is 20.3. The van der Waals surface area contributed by atoms with Gasteiger partial charge in [-0.15, -0.1) is 0 Å². The van der Waals surface area contributed by atoms with Crippen molar-refractivity contribution in [3.8, 4) is 11.4 Å². The zero-order valence-electron chi connectivity index (χ0n) is 14.3. The molecule has 0 radical (unpaired) electrons. The molecule has 3 aromatic rings. The van der Waals surface area contributed by atoms with E-state index in [1.807, 2.05) is 36.7 Å². The highest BCUT2D eigenvalue weighted by molar-refractivity contribution is 5.55. The molecule has 0 unspecified atom stereocenters. The second-order valence-corrected chi connectivity index (χ2v) is 4.55. The van der Waals surface area contributed by atoms with E-state index in [9.17, 15) is 0 Å². The van der Waals surface area contributed by atoms with Gasteiger partial charge in [0.15, 0.2) is 0 Å². The average Bonchev–Trinajstić information content (AvgIpc) is 3.13. The Morgan fingerprint density at radius 1 is 0.778 bits per heavy atom. The van der Waals surface area contributed by atoms with Crippen molar-refractivity contribution in [1.82, 2.24) is 9.55 Å². The van der Waals surface area contributed by atoms with Gasteiger partial charge in [0.25, 0.3) is 19.4 Å². The number of nitrogens with zero attached hydrogens (tertiary/aromatic N) is 2. The summed E-state index contributed by atoms with van der Waals surface area (Å²) in [5, 5.41) is 20.7. The Balaban J connectivity index is 0.000000643. The number of carbonyl (C=O) groups is 3. The predicted molar refractivity (Wildman–Crippen MR) is 99.3 cm³/mol. The molecule has 0 spiro atoms. The minimum atomic E-state index is -0.250. The first-order valence-electron chi connectivity index (χ1n) is 7.52. The van der Waals surface area contributed by atoms with Gasteiger partial charge in [-0.2, -0.15) is 0 Å². The van der Waals surface area contributed by atoms with Crippen molar-refractivity contribution < 1.29 is 29.7 Å². The molecular formula is C19H20N2O6. The average molecular weight is 372 g/mol. The predicted octanol–water partition coefficient (Wildman–Crippen LogP) is 2.70. The van der Waals surface area contributed by atoms with Crippen molar-refractivity contribution in [3.63, 3.8) is 0 Å². The van der Waals surface area contributed by atoms with E-state index < -0.39 is 0 Å². The van der Waals surface area contributed by atoms with Crippen LogP contribution in [-0.2, 0) is 20.9 Å². The molecule has 8 heteroatoms. The summed E-state index contributed by atoms with van der Waals surface area (Å²) in [5.41, 5.74) is 2.44. The van der Waals surface area contributed by atoms with Crippen molar-refractivity contribution in [2.45, 2.75) is 6.54 Å². The Kier molecular flexibility index (Phi) is 13.3. The van der Waals surface area contributed by atoms with E-state index in [0.717, 1.165) is 17.9 Å². The summed E-state index contributed by atoms with van der Waals surface area (Å²) in [6, 6.07) is 20.7. The molecule has 0 saturated heterocycles. The summed E-state index contributed by atoms with van der Waals surface area (Å²) in [6.45, 7) is 0.102. The number of carboxylic acid groups (broad SMARTS) is 3. The molecule has 3 N–H and O–H groups in total. The van der Waals surface area contributed by atoms with Crippen LogP contribution < -0.4 is 0 Å². The number of hydrogen-bond donors (Lipinski definition) is 3. The molecular weight excluding hydrogens is 352 g/mol. The van der Waals surface area contributed by atoms with Crippen LogP contribution >= 0.6 is 0 Å². The fraction of sp³-hybridized carbons (Fsp3) is 0.0526. The molecule has 8 nitrogen and oxygen atoms in total. The van der Waals surface area contributed by atoms with Crippen molar-refractivity contribution in [3.05, 3.63) is 78.6 Å². The second-order valence-electron chi connectivity index (χ2n) is 4.55. The zero-order valence-corrected chi connectivity index (χ0v) is 14.3. The Morgan fingerprint density at radius 2 is 1.22 bits per heavy atom. The van der Waals surface area contributed by atoms with Gasteiger partial charge in [-0.1, -0.05) is 60.7 Å². The molecule has 0 atom stereocenters. The van der Waals surface area contributed by atoms with Gasteiger partial charge in [-0.25, -0.2) is 4.98 Å². The first-order valence-corrected chi connectivity index (χ1v) is 7.52.